The molecular weight excluding hydrogens is 254 g/mol. The average molecular weight is 275 g/mol. The lowest BCUT2D eigenvalue weighted by Crippen LogP contribution is -2.28. The summed E-state index contributed by atoms with van der Waals surface area (Å²) in [5, 5.41) is 5.73. The first-order chi connectivity index (χ1) is 9.61. The SMILES string of the molecule is CCC(C)C(=O)Nc1ccccc1CN1CCNC1=O. The maximum atomic E-state index is 12.0. The van der Waals surface area contributed by atoms with E-state index in [0.717, 1.165) is 17.7 Å². The highest BCUT2D eigenvalue weighted by Crippen LogP contribution is 2.19. The number of anilines is 1. The molecule has 1 aliphatic heterocycles. The van der Waals surface area contributed by atoms with Crippen LogP contribution in [0.5, 0.6) is 0 Å². The third kappa shape index (κ3) is 3.29. The molecule has 0 bridgehead atoms. The number of nitrogens with zero attached hydrogens (tertiary/aromatic N) is 1. The molecule has 0 aromatic heterocycles. The fraction of sp³-hybridized carbons (Fsp3) is 0.467. The molecule has 1 heterocycles. The fourth-order valence-electron chi connectivity index (χ4n) is 2.09. The Kier molecular flexibility index (Phi) is 4.61. The van der Waals surface area contributed by atoms with Gasteiger partial charge >= 0.3 is 6.03 Å². The zero-order valence-electron chi connectivity index (χ0n) is 12.0. The number of rotatable bonds is 5. The van der Waals surface area contributed by atoms with E-state index in [1.807, 2.05) is 38.1 Å². The van der Waals surface area contributed by atoms with Crippen LogP contribution < -0.4 is 10.6 Å². The topological polar surface area (TPSA) is 61.4 Å². The van der Waals surface area contributed by atoms with Gasteiger partial charge in [0.15, 0.2) is 0 Å². The van der Waals surface area contributed by atoms with Crippen LogP contribution in [0.2, 0.25) is 0 Å². The Morgan fingerprint density at radius 1 is 1.45 bits per heavy atom. The molecule has 108 valence electrons. The Balaban J connectivity index is 2.09. The molecule has 0 aliphatic carbocycles. The van der Waals surface area contributed by atoms with Gasteiger partial charge in [0.25, 0.3) is 0 Å². The van der Waals surface area contributed by atoms with Gasteiger partial charge in [0.2, 0.25) is 5.91 Å². The van der Waals surface area contributed by atoms with E-state index < -0.39 is 0 Å². The van der Waals surface area contributed by atoms with Crippen LogP contribution in [0.15, 0.2) is 24.3 Å². The molecule has 20 heavy (non-hydrogen) atoms. The van der Waals surface area contributed by atoms with E-state index in [1.165, 1.54) is 0 Å². The largest absolute Gasteiger partial charge is 0.336 e. The number of hydrogen-bond acceptors (Lipinski definition) is 2. The first kappa shape index (κ1) is 14.4. The van der Waals surface area contributed by atoms with Crippen molar-refractivity contribution in [2.24, 2.45) is 5.92 Å². The summed E-state index contributed by atoms with van der Waals surface area (Å²) < 4.78 is 0. The lowest BCUT2D eigenvalue weighted by atomic mass is 10.1. The maximum Gasteiger partial charge on any atom is 0.317 e. The minimum absolute atomic E-state index is 0.0156. The smallest absolute Gasteiger partial charge is 0.317 e. The molecule has 1 unspecified atom stereocenters. The van der Waals surface area contributed by atoms with Crippen molar-refractivity contribution >= 4 is 17.6 Å². The predicted molar refractivity (Wildman–Crippen MR) is 78.3 cm³/mol. The summed E-state index contributed by atoms with van der Waals surface area (Å²) in [6.45, 7) is 5.80. The average Bonchev–Trinajstić information content (AvgIpc) is 2.85. The summed E-state index contributed by atoms with van der Waals surface area (Å²) in [5.41, 5.74) is 1.75. The number of hydrogen-bond donors (Lipinski definition) is 2. The summed E-state index contributed by atoms with van der Waals surface area (Å²) in [5.74, 6) is 0.00367. The Morgan fingerprint density at radius 2 is 2.20 bits per heavy atom. The first-order valence-electron chi connectivity index (χ1n) is 7.03. The van der Waals surface area contributed by atoms with Crippen LogP contribution in [0.4, 0.5) is 10.5 Å². The standard InChI is InChI=1S/C15H21N3O2/c1-3-11(2)14(19)17-13-7-5-4-6-12(13)10-18-9-8-16-15(18)20/h4-7,11H,3,8-10H2,1-2H3,(H,16,20)(H,17,19). The Labute approximate surface area is 119 Å². The van der Waals surface area contributed by atoms with E-state index in [9.17, 15) is 9.59 Å². The molecular formula is C15H21N3O2. The van der Waals surface area contributed by atoms with Gasteiger partial charge < -0.3 is 15.5 Å². The van der Waals surface area contributed by atoms with Gasteiger partial charge in [-0.1, -0.05) is 32.0 Å². The summed E-state index contributed by atoms with van der Waals surface area (Å²) >= 11 is 0. The quantitative estimate of drug-likeness (QED) is 0.865. The van der Waals surface area contributed by atoms with E-state index in [1.54, 1.807) is 4.90 Å². The number of benzene rings is 1. The Hall–Kier alpha value is -2.04. The number of nitrogens with one attached hydrogen (secondary N) is 2. The predicted octanol–water partition coefficient (Wildman–Crippen LogP) is 2.20. The molecule has 1 saturated heterocycles. The lowest BCUT2D eigenvalue weighted by molar-refractivity contribution is -0.119. The minimum Gasteiger partial charge on any atom is -0.336 e. The van der Waals surface area contributed by atoms with Crippen molar-refractivity contribution in [2.75, 3.05) is 18.4 Å². The lowest BCUT2D eigenvalue weighted by Gasteiger charge is -2.18. The van der Waals surface area contributed by atoms with Gasteiger partial charge in [-0.3, -0.25) is 4.79 Å². The molecule has 1 aliphatic rings. The summed E-state index contributed by atoms with van der Waals surface area (Å²) in [4.78, 5) is 25.3. The molecule has 0 spiro atoms. The van der Waals surface area contributed by atoms with Crippen LogP contribution in [-0.2, 0) is 11.3 Å². The van der Waals surface area contributed by atoms with Crippen molar-refractivity contribution < 1.29 is 9.59 Å². The highest BCUT2D eigenvalue weighted by molar-refractivity contribution is 5.93. The van der Waals surface area contributed by atoms with Crippen molar-refractivity contribution in [3.8, 4) is 0 Å². The van der Waals surface area contributed by atoms with Crippen molar-refractivity contribution in [3.63, 3.8) is 0 Å². The zero-order chi connectivity index (χ0) is 14.5. The number of carbonyl (C=O) groups excluding carboxylic acids is 2. The van der Waals surface area contributed by atoms with Crippen LogP contribution in [0, 0.1) is 5.92 Å². The third-order valence-corrected chi connectivity index (χ3v) is 3.64. The van der Waals surface area contributed by atoms with E-state index in [2.05, 4.69) is 10.6 Å². The number of urea groups is 1. The molecule has 0 saturated carbocycles. The van der Waals surface area contributed by atoms with E-state index >= 15 is 0 Å². The molecule has 5 heteroatoms. The van der Waals surface area contributed by atoms with Crippen LogP contribution in [0.25, 0.3) is 0 Å². The van der Waals surface area contributed by atoms with Crippen LogP contribution >= 0.6 is 0 Å². The first-order valence-corrected chi connectivity index (χ1v) is 7.03. The normalized spacial score (nSPS) is 15.9. The molecule has 5 nitrogen and oxygen atoms in total. The molecule has 1 fully saturated rings. The van der Waals surface area contributed by atoms with E-state index in [-0.39, 0.29) is 17.9 Å². The molecule has 1 atom stereocenters. The minimum atomic E-state index is -0.0481. The Morgan fingerprint density at radius 3 is 2.85 bits per heavy atom. The molecule has 3 amide bonds. The summed E-state index contributed by atoms with van der Waals surface area (Å²) in [6, 6.07) is 7.58. The third-order valence-electron chi connectivity index (χ3n) is 3.64. The number of carbonyl (C=O) groups is 2. The zero-order valence-corrected chi connectivity index (χ0v) is 12.0. The summed E-state index contributed by atoms with van der Waals surface area (Å²) in [7, 11) is 0. The van der Waals surface area contributed by atoms with Gasteiger partial charge in [-0.25, -0.2) is 4.79 Å². The van der Waals surface area contributed by atoms with Crippen molar-refractivity contribution in [1.29, 1.82) is 0 Å². The van der Waals surface area contributed by atoms with Gasteiger partial charge in [0, 0.05) is 31.2 Å². The van der Waals surface area contributed by atoms with Gasteiger partial charge in [0.05, 0.1) is 0 Å². The summed E-state index contributed by atoms with van der Waals surface area (Å²) in [6.07, 6.45) is 0.808. The van der Waals surface area contributed by atoms with E-state index in [4.69, 9.17) is 0 Å². The molecule has 2 rings (SSSR count). The molecule has 1 aromatic rings. The highest BCUT2D eigenvalue weighted by atomic mass is 16.2. The van der Waals surface area contributed by atoms with Crippen LogP contribution in [-0.4, -0.2) is 29.9 Å². The Bertz CT molecular complexity index is 502. The monoisotopic (exact) mass is 275 g/mol. The van der Waals surface area contributed by atoms with Crippen molar-refractivity contribution in [3.05, 3.63) is 29.8 Å². The molecule has 2 N–H and O–H groups in total. The van der Waals surface area contributed by atoms with Gasteiger partial charge in [0.1, 0.15) is 0 Å². The highest BCUT2D eigenvalue weighted by Gasteiger charge is 2.21. The molecule has 0 radical (unpaired) electrons. The van der Waals surface area contributed by atoms with Crippen LogP contribution in [0.1, 0.15) is 25.8 Å². The van der Waals surface area contributed by atoms with Crippen molar-refractivity contribution in [2.45, 2.75) is 26.8 Å². The number of amides is 3. The van der Waals surface area contributed by atoms with Gasteiger partial charge in [-0.15, -0.1) is 0 Å². The van der Waals surface area contributed by atoms with E-state index in [0.29, 0.717) is 19.6 Å². The fourth-order valence-corrected chi connectivity index (χ4v) is 2.09. The van der Waals surface area contributed by atoms with Gasteiger partial charge in [-0.05, 0) is 18.1 Å². The van der Waals surface area contributed by atoms with Crippen LogP contribution in [0.3, 0.4) is 0 Å². The van der Waals surface area contributed by atoms with Crippen molar-refractivity contribution in [1.82, 2.24) is 10.2 Å². The maximum absolute atomic E-state index is 12.0. The van der Waals surface area contributed by atoms with Gasteiger partial charge in [-0.2, -0.15) is 0 Å². The second-order valence-electron chi connectivity index (χ2n) is 5.11. The second kappa shape index (κ2) is 6.41. The number of para-hydroxylation sites is 1. The molecule has 1 aromatic carbocycles. The second-order valence-corrected chi connectivity index (χ2v) is 5.11.